The summed E-state index contributed by atoms with van der Waals surface area (Å²) in [5.41, 5.74) is 0.813. The summed E-state index contributed by atoms with van der Waals surface area (Å²) in [7, 11) is 0. The van der Waals surface area contributed by atoms with Gasteiger partial charge in [-0.3, -0.25) is 9.78 Å². The predicted molar refractivity (Wildman–Crippen MR) is 69.8 cm³/mol. The van der Waals surface area contributed by atoms with Crippen molar-refractivity contribution in [1.82, 2.24) is 20.2 Å². The minimum atomic E-state index is -0.535. The SMILES string of the molecule is C=C[C@H]1C[C@@H]1c1cnnc(-c2c[nH]c(=O)[nH]c2=O)c1. The van der Waals surface area contributed by atoms with Crippen LogP contribution in [0.25, 0.3) is 11.3 Å². The van der Waals surface area contributed by atoms with E-state index in [9.17, 15) is 9.59 Å². The van der Waals surface area contributed by atoms with Gasteiger partial charge in [-0.15, -0.1) is 6.58 Å². The van der Waals surface area contributed by atoms with Gasteiger partial charge in [-0.2, -0.15) is 10.2 Å². The molecule has 19 heavy (non-hydrogen) atoms. The molecule has 1 aliphatic rings. The number of hydrogen-bond donors (Lipinski definition) is 2. The minimum Gasteiger partial charge on any atom is -0.313 e. The standard InChI is InChI=1S/C13H12N4O2/c1-2-7-3-9(7)8-4-11(17-15-5-8)10-6-14-13(19)16-12(10)18/h2,4-7,9H,1,3H2,(H2,14,16,18,19)/t7-,9-/m0/s1. The molecule has 0 bridgehead atoms. The molecular weight excluding hydrogens is 244 g/mol. The van der Waals surface area contributed by atoms with Crippen LogP contribution in [0.4, 0.5) is 0 Å². The summed E-state index contributed by atoms with van der Waals surface area (Å²) in [5.74, 6) is 0.888. The number of H-pyrrole nitrogens is 2. The van der Waals surface area contributed by atoms with Gasteiger partial charge in [0, 0.05) is 6.20 Å². The van der Waals surface area contributed by atoms with Gasteiger partial charge in [-0.05, 0) is 29.9 Å². The summed E-state index contributed by atoms with van der Waals surface area (Å²) in [6.07, 6.45) is 6.04. The molecule has 0 saturated heterocycles. The van der Waals surface area contributed by atoms with Crippen LogP contribution in [0.2, 0.25) is 0 Å². The van der Waals surface area contributed by atoms with Gasteiger partial charge in [0.2, 0.25) is 0 Å². The van der Waals surface area contributed by atoms with E-state index in [0.717, 1.165) is 12.0 Å². The van der Waals surface area contributed by atoms with E-state index in [2.05, 4.69) is 26.7 Å². The first-order valence-electron chi connectivity index (χ1n) is 5.96. The molecular formula is C13H12N4O2. The van der Waals surface area contributed by atoms with Crippen molar-refractivity contribution in [2.75, 3.05) is 0 Å². The third kappa shape index (κ3) is 2.12. The van der Waals surface area contributed by atoms with Crippen molar-refractivity contribution >= 4 is 0 Å². The third-order valence-electron chi connectivity index (χ3n) is 3.34. The van der Waals surface area contributed by atoms with Crippen LogP contribution in [0.15, 0.2) is 40.7 Å². The summed E-state index contributed by atoms with van der Waals surface area (Å²) in [6, 6.07) is 1.84. The first-order valence-corrected chi connectivity index (χ1v) is 5.96. The van der Waals surface area contributed by atoms with Crippen molar-refractivity contribution < 1.29 is 0 Å². The first kappa shape index (κ1) is 11.6. The van der Waals surface area contributed by atoms with E-state index in [0.29, 0.717) is 23.1 Å². The molecule has 1 saturated carbocycles. The molecule has 6 heteroatoms. The average Bonchev–Trinajstić information content (AvgIpc) is 3.18. The molecule has 1 aliphatic carbocycles. The Hall–Kier alpha value is -2.50. The second kappa shape index (κ2) is 4.31. The molecule has 0 unspecified atom stereocenters. The second-order valence-corrected chi connectivity index (χ2v) is 4.60. The lowest BCUT2D eigenvalue weighted by molar-refractivity contribution is 0.946. The first-order chi connectivity index (χ1) is 9.19. The monoisotopic (exact) mass is 256 g/mol. The quantitative estimate of drug-likeness (QED) is 0.795. The van der Waals surface area contributed by atoms with Gasteiger partial charge in [0.15, 0.2) is 0 Å². The summed E-state index contributed by atoms with van der Waals surface area (Å²) < 4.78 is 0. The number of aromatic amines is 2. The van der Waals surface area contributed by atoms with Crippen LogP contribution in [-0.2, 0) is 0 Å². The highest BCUT2D eigenvalue weighted by molar-refractivity contribution is 5.57. The summed E-state index contributed by atoms with van der Waals surface area (Å²) >= 11 is 0. The van der Waals surface area contributed by atoms with E-state index >= 15 is 0 Å². The maximum atomic E-state index is 11.7. The third-order valence-corrected chi connectivity index (χ3v) is 3.34. The van der Waals surface area contributed by atoms with E-state index in [1.807, 2.05) is 12.1 Å². The number of nitrogens with zero attached hydrogens (tertiary/aromatic N) is 2. The van der Waals surface area contributed by atoms with E-state index < -0.39 is 11.2 Å². The van der Waals surface area contributed by atoms with Gasteiger partial charge >= 0.3 is 5.69 Å². The van der Waals surface area contributed by atoms with Crippen LogP contribution in [0, 0.1) is 5.92 Å². The molecule has 2 atom stereocenters. The highest BCUT2D eigenvalue weighted by atomic mass is 16.2. The van der Waals surface area contributed by atoms with Crippen LogP contribution in [0.5, 0.6) is 0 Å². The molecule has 0 aromatic carbocycles. The predicted octanol–water partition coefficient (Wildman–Crippen LogP) is 0.810. The number of aromatic nitrogens is 4. The number of rotatable bonds is 3. The fraction of sp³-hybridized carbons (Fsp3) is 0.231. The van der Waals surface area contributed by atoms with Gasteiger partial charge in [0.05, 0.1) is 11.8 Å². The topological polar surface area (TPSA) is 91.5 Å². The molecule has 2 heterocycles. The minimum absolute atomic E-state index is 0.310. The van der Waals surface area contributed by atoms with Gasteiger partial charge in [-0.1, -0.05) is 6.08 Å². The Kier molecular flexibility index (Phi) is 2.63. The molecule has 6 nitrogen and oxygen atoms in total. The van der Waals surface area contributed by atoms with E-state index in [4.69, 9.17) is 0 Å². The van der Waals surface area contributed by atoms with Crippen LogP contribution < -0.4 is 11.2 Å². The van der Waals surface area contributed by atoms with E-state index in [1.54, 1.807) is 6.20 Å². The zero-order chi connectivity index (χ0) is 13.4. The molecule has 0 spiro atoms. The summed E-state index contributed by atoms with van der Waals surface area (Å²) in [6.45, 7) is 3.77. The lowest BCUT2D eigenvalue weighted by Crippen LogP contribution is -2.22. The van der Waals surface area contributed by atoms with E-state index in [1.165, 1.54) is 6.20 Å². The van der Waals surface area contributed by atoms with Gasteiger partial charge in [0.1, 0.15) is 5.69 Å². The van der Waals surface area contributed by atoms with Crippen molar-refractivity contribution in [1.29, 1.82) is 0 Å². The average molecular weight is 256 g/mol. The van der Waals surface area contributed by atoms with Crippen molar-refractivity contribution in [3.8, 4) is 11.3 Å². The van der Waals surface area contributed by atoms with Gasteiger partial charge in [0.25, 0.3) is 5.56 Å². The Bertz CT molecular complexity index is 747. The zero-order valence-electron chi connectivity index (χ0n) is 10.1. The number of hydrogen-bond acceptors (Lipinski definition) is 4. The summed E-state index contributed by atoms with van der Waals surface area (Å²) in [4.78, 5) is 27.3. The van der Waals surface area contributed by atoms with Crippen LogP contribution in [0.3, 0.4) is 0 Å². The molecule has 2 aromatic heterocycles. The van der Waals surface area contributed by atoms with Crippen LogP contribution in [0.1, 0.15) is 17.9 Å². The fourth-order valence-corrected chi connectivity index (χ4v) is 2.17. The fourth-order valence-electron chi connectivity index (χ4n) is 2.17. The lowest BCUT2D eigenvalue weighted by Gasteiger charge is -2.01. The molecule has 3 rings (SSSR count). The highest BCUT2D eigenvalue weighted by Gasteiger charge is 2.36. The molecule has 2 aromatic rings. The van der Waals surface area contributed by atoms with Crippen LogP contribution >= 0.6 is 0 Å². The molecule has 0 aliphatic heterocycles. The largest absolute Gasteiger partial charge is 0.325 e. The Labute approximate surface area is 108 Å². The normalized spacial score (nSPS) is 21.1. The maximum Gasteiger partial charge on any atom is 0.325 e. The Morgan fingerprint density at radius 3 is 2.95 bits per heavy atom. The molecule has 1 fully saturated rings. The smallest absolute Gasteiger partial charge is 0.313 e. The van der Waals surface area contributed by atoms with Crippen LogP contribution in [-0.4, -0.2) is 20.2 Å². The van der Waals surface area contributed by atoms with E-state index in [-0.39, 0.29) is 0 Å². The lowest BCUT2D eigenvalue weighted by atomic mass is 10.1. The zero-order valence-corrected chi connectivity index (χ0v) is 10.1. The summed E-state index contributed by atoms with van der Waals surface area (Å²) in [5, 5.41) is 7.87. The Morgan fingerprint density at radius 2 is 2.26 bits per heavy atom. The van der Waals surface area contributed by atoms with Crippen molar-refractivity contribution in [3.63, 3.8) is 0 Å². The maximum absolute atomic E-state index is 11.7. The van der Waals surface area contributed by atoms with Gasteiger partial charge < -0.3 is 4.98 Å². The molecule has 0 radical (unpaired) electrons. The Balaban J connectivity index is 2.02. The molecule has 96 valence electrons. The van der Waals surface area contributed by atoms with Crippen molar-refractivity contribution in [2.24, 2.45) is 5.92 Å². The molecule has 2 N–H and O–H groups in total. The van der Waals surface area contributed by atoms with Crippen molar-refractivity contribution in [2.45, 2.75) is 12.3 Å². The molecule has 0 amide bonds. The number of nitrogens with one attached hydrogen (secondary N) is 2. The number of allylic oxidation sites excluding steroid dienone is 1. The van der Waals surface area contributed by atoms with Gasteiger partial charge in [-0.25, -0.2) is 4.79 Å². The highest BCUT2D eigenvalue weighted by Crippen LogP contribution is 2.48. The van der Waals surface area contributed by atoms with Crippen molar-refractivity contribution in [3.05, 3.63) is 57.5 Å². The Morgan fingerprint density at radius 1 is 1.42 bits per heavy atom. The second-order valence-electron chi connectivity index (χ2n) is 4.60.